The average molecular weight is 1190 g/mol. The number of pyridine rings is 1. The van der Waals surface area contributed by atoms with Crippen LogP contribution in [0.25, 0.3) is 166 Å². The van der Waals surface area contributed by atoms with Crippen LogP contribution in [-0.2, 0) is 0 Å². The molecule has 5 heterocycles. The van der Waals surface area contributed by atoms with E-state index in [9.17, 15) is 5.26 Å². The van der Waals surface area contributed by atoms with Gasteiger partial charge in [-0.2, -0.15) is 5.26 Å². The maximum Gasteiger partial charge on any atom is 0.100 e. The normalized spacial score (nSPS) is 11.8. The second-order valence-electron chi connectivity index (χ2n) is 24.7. The molecule has 0 aliphatic heterocycles. The van der Waals surface area contributed by atoms with Gasteiger partial charge in [0, 0.05) is 88.4 Å². The van der Waals surface area contributed by atoms with E-state index < -0.39 is 0 Å². The molecule has 0 saturated heterocycles. The Morgan fingerprint density at radius 3 is 0.796 bits per heavy atom. The molecule has 0 unspecified atom stereocenters. The summed E-state index contributed by atoms with van der Waals surface area (Å²) in [4.78, 5) is 4.97. The highest BCUT2D eigenvalue weighted by Gasteiger charge is 2.30. The van der Waals surface area contributed by atoms with Crippen molar-refractivity contribution in [3.63, 3.8) is 0 Å². The number of hydrogen-bond acceptors (Lipinski definition) is 2. The molecule has 0 aliphatic rings. The summed E-state index contributed by atoms with van der Waals surface area (Å²) in [6.07, 6.45) is 0. The molecule has 0 amide bonds. The van der Waals surface area contributed by atoms with E-state index in [2.05, 4.69) is 342 Å². The van der Waals surface area contributed by atoms with Gasteiger partial charge in [0.1, 0.15) is 6.07 Å². The summed E-state index contributed by atoms with van der Waals surface area (Å²) >= 11 is 0. The van der Waals surface area contributed by atoms with Gasteiger partial charge < -0.3 is 18.3 Å². The van der Waals surface area contributed by atoms with Gasteiger partial charge in [-0.05, 0) is 181 Å². The van der Waals surface area contributed by atoms with Crippen LogP contribution in [0.4, 0.5) is 0 Å². The van der Waals surface area contributed by atoms with E-state index in [1.165, 1.54) is 48.7 Å². The number of hydrogen-bond donors (Lipinski definition) is 0. The largest absolute Gasteiger partial charge is 0.309 e. The highest BCUT2D eigenvalue weighted by atomic mass is 15.0. The first-order valence-electron chi connectivity index (χ1n) is 31.8. The predicted molar refractivity (Wildman–Crippen MR) is 388 cm³/mol. The van der Waals surface area contributed by atoms with Crippen molar-refractivity contribution in [2.75, 3.05) is 0 Å². The third-order valence-corrected chi connectivity index (χ3v) is 19.2. The fraction of sp³-hybridized carbons (Fsp3) is 0.0345. The summed E-state index contributed by atoms with van der Waals surface area (Å²) in [6.45, 7) is 6.27. The lowest BCUT2D eigenvalue weighted by Crippen LogP contribution is -2.04. The second kappa shape index (κ2) is 21.2. The molecule has 0 spiro atoms. The summed E-state index contributed by atoms with van der Waals surface area (Å²) in [7, 11) is 0. The highest BCUT2D eigenvalue weighted by molar-refractivity contribution is 6.15. The van der Waals surface area contributed by atoms with Gasteiger partial charge in [0.2, 0.25) is 0 Å². The van der Waals surface area contributed by atoms with E-state index in [1.54, 1.807) is 0 Å². The second-order valence-corrected chi connectivity index (χ2v) is 24.7. The molecule has 18 rings (SSSR count). The van der Waals surface area contributed by atoms with Crippen molar-refractivity contribution in [3.05, 3.63) is 320 Å². The molecule has 0 bridgehead atoms. The average Bonchev–Trinajstić information content (AvgIpc) is 1.67. The van der Waals surface area contributed by atoms with Crippen molar-refractivity contribution < 1.29 is 0 Å². The molecule has 13 aromatic carbocycles. The van der Waals surface area contributed by atoms with Gasteiger partial charge in [0.05, 0.1) is 49.7 Å². The maximum atomic E-state index is 12.5. The SMILES string of the molecule is Cc1ccc2c(c1)c1ccccc1n2-c1ccc(-c2c(C#N)c(-c3cc(C)nc(C)c3)c(-c3ccc(-n4c5ccccc5c5ccccc54)cc3)c(-c3ccc(-n4c5ccccc5c5ccccc54)cc3)c2-c2ccc(-n3c4ccccc4c4ccccc43)cc2)cc1. The number of rotatable bonds is 9. The molecule has 0 saturated carbocycles. The Kier molecular flexibility index (Phi) is 12.2. The lowest BCUT2D eigenvalue weighted by atomic mass is 9.75. The zero-order valence-corrected chi connectivity index (χ0v) is 51.5. The summed E-state index contributed by atoms with van der Waals surface area (Å²) < 4.78 is 9.50. The van der Waals surface area contributed by atoms with E-state index in [0.717, 1.165) is 134 Å². The van der Waals surface area contributed by atoms with E-state index in [-0.39, 0.29) is 0 Å². The molecule has 18 aromatic rings. The van der Waals surface area contributed by atoms with Gasteiger partial charge in [0.15, 0.2) is 0 Å². The van der Waals surface area contributed by atoms with Crippen molar-refractivity contribution >= 4 is 87.2 Å². The molecule has 0 aliphatic carbocycles. The van der Waals surface area contributed by atoms with Gasteiger partial charge in [-0.25, -0.2) is 0 Å². The highest BCUT2D eigenvalue weighted by Crippen LogP contribution is 2.54. The summed E-state index contributed by atoms with van der Waals surface area (Å²) in [6, 6.07) is 111. The number of aromatic nitrogens is 5. The Morgan fingerprint density at radius 1 is 0.247 bits per heavy atom. The minimum absolute atomic E-state index is 0.577. The number of nitrogens with zero attached hydrogens (tertiary/aromatic N) is 6. The first-order chi connectivity index (χ1) is 45.8. The maximum absolute atomic E-state index is 12.5. The first-order valence-corrected chi connectivity index (χ1v) is 31.8. The van der Waals surface area contributed by atoms with E-state index >= 15 is 0 Å². The summed E-state index contributed by atoms with van der Waals surface area (Å²) in [5.74, 6) is 0. The Bertz CT molecular complexity index is 5940. The first kappa shape index (κ1) is 53.7. The van der Waals surface area contributed by atoms with Crippen molar-refractivity contribution in [2.24, 2.45) is 0 Å². The van der Waals surface area contributed by atoms with Gasteiger partial charge >= 0.3 is 0 Å². The number of benzene rings is 13. The molecular weight excluding hydrogens is 1130 g/mol. The fourth-order valence-electron chi connectivity index (χ4n) is 15.4. The van der Waals surface area contributed by atoms with Crippen LogP contribution in [0.3, 0.4) is 0 Å². The van der Waals surface area contributed by atoms with Crippen molar-refractivity contribution in [1.29, 1.82) is 5.26 Å². The molecule has 6 nitrogen and oxygen atoms in total. The van der Waals surface area contributed by atoms with Gasteiger partial charge in [0.25, 0.3) is 0 Å². The lowest BCUT2D eigenvalue weighted by Gasteiger charge is -2.27. The summed E-state index contributed by atoms with van der Waals surface area (Å²) in [5, 5.41) is 22.2. The zero-order chi connectivity index (χ0) is 62.0. The zero-order valence-electron chi connectivity index (χ0n) is 51.5. The van der Waals surface area contributed by atoms with E-state index in [0.29, 0.717) is 5.56 Å². The minimum atomic E-state index is 0.577. The van der Waals surface area contributed by atoms with Crippen LogP contribution in [-0.4, -0.2) is 23.3 Å². The standard InChI is InChI=1S/C87H58N6/c1-54-32-49-82-73(50-54)72-24-10-17-31-81(72)93(82)65-41-33-57(34-42-65)83-74(53-88)84(61-51-55(2)89-56(3)52-61)86(59-37-45-63(46-38-59)91-77-27-13-6-20-68(77)69-21-7-14-28-78(69)91)87(60-39-47-64(48-40-60)92-79-29-15-8-22-70(79)71-23-9-16-30-80(71)92)85(83)58-35-43-62(44-36-58)90-75-25-11-4-18-66(75)67-19-5-12-26-76(67)90/h4-52H,1-3H3. The van der Waals surface area contributed by atoms with E-state index in [4.69, 9.17) is 4.98 Å². The Balaban J connectivity index is 0.949. The quantitative estimate of drug-likeness (QED) is 0.145. The molecular formula is C87H58N6. The molecule has 0 N–H and O–H groups in total. The van der Waals surface area contributed by atoms with Crippen LogP contribution >= 0.6 is 0 Å². The molecule has 0 fully saturated rings. The predicted octanol–water partition coefficient (Wildman–Crippen LogP) is 22.6. The van der Waals surface area contributed by atoms with Gasteiger partial charge in [-0.3, -0.25) is 4.98 Å². The van der Waals surface area contributed by atoms with Crippen LogP contribution < -0.4 is 0 Å². The van der Waals surface area contributed by atoms with Crippen LogP contribution in [0.2, 0.25) is 0 Å². The molecule has 436 valence electrons. The lowest BCUT2D eigenvalue weighted by molar-refractivity contribution is 1.12. The Morgan fingerprint density at radius 2 is 0.495 bits per heavy atom. The Hall–Kier alpha value is -12.3. The number of nitriles is 1. The monoisotopic (exact) mass is 1190 g/mol. The number of fused-ring (bicyclic) bond motifs is 12. The third-order valence-electron chi connectivity index (χ3n) is 19.2. The van der Waals surface area contributed by atoms with Crippen LogP contribution in [0, 0.1) is 32.1 Å². The molecule has 6 heteroatoms. The minimum Gasteiger partial charge on any atom is -0.309 e. The van der Waals surface area contributed by atoms with Gasteiger partial charge in [-0.15, -0.1) is 0 Å². The third kappa shape index (κ3) is 8.37. The van der Waals surface area contributed by atoms with E-state index in [1.807, 2.05) is 0 Å². The van der Waals surface area contributed by atoms with Crippen molar-refractivity contribution in [2.45, 2.75) is 20.8 Å². The molecule has 5 aromatic heterocycles. The fourth-order valence-corrected chi connectivity index (χ4v) is 15.4. The van der Waals surface area contributed by atoms with Crippen LogP contribution in [0.1, 0.15) is 22.5 Å². The smallest absolute Gasteiger partial charge is 0.100 e. The number of aryl methyl sites for hydroxylation is 3. The van der Waals surface area contributed by atoms with Crippen molar-refractivity contribution in [3.8, 4) is 84.5 Å². The van der Waals surface area contributed by atoms with Gasteiger partial charge in [-0.1, -0.05) is 188 Å². The van der Waals surface area contributed by atoms with Crippen LogP contribution in [0.5, 0.6) is 0 Å². The topological polar surface area (TPSA) is 56.4 Å². The Labute approximate surface area is 537 Å². The molecule has 93 heavy (non-hydrogen) atoms. The van der Waals surface area contributed by atoms with Crippen molar-refractivity contribution in [1.82, 2.24) is 23.3 Å². The number of para-hydroxylation sites is 7. The molecule has 0 atom stereocenters. The molecule has 0 radical (unpaired) electrons. The summed E-state index contributed by atoms with van der Waals surface area (Å²) in [5.41, 5.74) is 26.3. The van der Waals surface area contributed by atoms with Crippen LogP contribution in [0.15, 0.2) is 297 Å².